The number of aryl methyl sites for hydroxylation is 1. The van der Waals surface area contributed by atoms with E-state index in [9.17, 15) is 4.79 Å². The largest absolute Gasteiger partial charge is 0.378 e. The van der Waals surface area contributed by atoms with E-state index in [1.807, 2.05) is 30.5 Å². The Bertz CT molecular complexity index is 594. The topological polar surface area (TPSA) is 55.6 Å². The van der Waals surface area contributed by atoms with Crippen LogP contribution in [0.2, 0.25) is 0 Å². The van der Waals surface area contributed by atoms with Crippen LogP contribution in [0.5, 0.6) is 0 Å². The molecule has 0 aliphatic carbocycles. The van der Waals surface area contributed by atoms with Crippen LogP contribution in [-0.4, -0.2) is 41.6 Å². The summed E-state index contributed by atoms with van der Waals surface area (Å²) in [6.07, 6.45) is 0.483. The average Bonchev–Trinajstić information content (AvgIpc) is 3.13. The smallest absolute Gasteiger partial charge is 0.174 e. The van der Waals surface area contributed by atoms with Gasteiger partial charge in [-0.1, -0.05) is 11.2 Å². The van der Waals surface area contributed by atoms with Gasteiger partial charge in [-0.15, -0.1) is 11.3 Å². The maximum absolute atomic E-state index is 12.3. The molecule has 1 saturated heterocycles. The van der Waals surface area contributed by atoms with E-state index in [0.717, 1.165) is 22.9 Å². The van der Waals surface area contributed by atoms with Crippen LogP contribution in [0.1, 0.15) is 27.5 Å². The van der Waals surface area contributed by atoms with E-state index in [-0.39, 0.29) is 11.8 Å². The molecule has 1 aliphatic rings. The number of aromatic nitrogens is 1. The SMILES string of the molecule is Cc1cc(CN2CCOCC2CC(=O)c2cccs2)no1. The predicted molar refractivity (Wildman–Crippen MR) is 79.5 cm³/mol. The summed E-state index contributed by atoms with van der Waals surface area (Å²) in [6.45, 7) is 4.68. The lowest BCUT2D eigenvalue weighted by Crippen LogP contribution is -2.45. The monoisotopic (exact) mass is 306 g/mol. The molecule has 5 nitrogen and oxygen atoms in total. The normalized spacial score (nSPS) is 19.8. The van der Waals surface area contributed by atoms with Gasteiger partial charge in [-0.3, -0.25) is 9.69 Å². The first kappa shape index (κ1) is 14.4. The summed E-state index contributed by atoms with van der Waals surface area (Å²) >= 11 is 1.49. The maximum atomic E-state index is 12.3. The summed E-state index contributed by atoms with van der Waals surface area (Å²) in [5.74, 6) is 0.992. The van der Waals surface area contributed by atoms with Gasteiger partial charge >= 0.3 is 0 Å². The van der Waals surface area contributed by atoms with Gasteiger partial charge in [-0.05, 0) is 18.4 Å². The van der Waals surface area contributed by atoms with Gasteiger partial charge in [0.15, 0.2) is 5.78 Å². The van der Waals surface area contributed by atoms with Crippen molar-refractivity contribution in [2.75, 3.05) is 19.8 Å². The van der Waals surface area contributed by atoms with Crippen molar-refractivity contribution in [1.29, 1.82) is 0 Å². The third-order valence-corrected chi connectivity index (χ3v) is 4.52. The Hall–Kier alpha value is -1.50. The molecular formula is C15H18N2O3S. The molecule has 1 aliphatic heterocycles. The van der Waals surface area contributed by atoms with Crippen molar-refractivity contribution >= 4 is 17.1 Å². The highest BCUT2D eigenvalue weighted by Gasteiger charge is 2.26. The number of ether oxygens (including phenoxy) is 1. The molecule has 0 spiro atoms. The van der Waals surface area contributed by atoms with Crippen molar-refractivity contribution in [2.45, 2.75) is 25.9 Å². The zero-order chi connectivity index (χ0) is 14.7. The van der Waals surface area contributed by atoms with Gasteiger partial charge in [0.1, 0.15) is 5.76 Å². The Kier molecular flexibility index (Phi) is 4.48. The highest BCUT2D eigenvalue weighted by atomic mass is 32.1. The van der Waals surface area contributed by atoms with E-state index in [1.165, 1.54) is 11.3 Å². The molecule has 2 aromatic rings. The first-order valence-electron chi connectivity index (χ1n) is 7.03. The van der Waals surface area contributed by atoms with Crippen LogP contribution in [0.3, 0.4) is 0 Å². The first-order valence-corrected chi connectivity index (χ1v) is 7.91. The number of carbonyl (C=O) groups excluding carboxylic acids is 1. The lowest BCUT2D eigenvalue weighted by molar-refractivity contribution is -0.0133. The molecule has 1 unspecified atom stereocenters. The van der Waals surface area contributed by atoms with Gasteiger partial charge in [0.05, 0.1) is 23.8 Å². The number of hydrogen-bond acceptors (Lipinski definition) is 6. The lowest BCUT2D eigenvalue weighted by Gasteiger charge is -2.34. The standard InChI is InChI=1S/C15H18N2O3S/c1-11-7-12(16-20-11)9-17-4-5-19-10-13(17)8-14(18)15-3-2-6-21-15/h2-3,6-7,13H,4-5,8-10H2,1H3. The van der Waals surface area contributed by atoms with Crippen molar-refractivity contribution in [2.24, 2.45) is 0 Å². The molecule has 0 aromatic carbocycles. The minimum atomic E-state index is 0.102. The summed E-state index contributed by atoms with van der Waals surface area (Å²) in [5, 5.41) is 5.96. The average molecular weight is 306 g/mol. The molecule has 3 rings (SSSR count). The number of nitrogens with zero attached hydrogens (tertiary/aromatic N) is 2. The molecule has 112 valence electrons. The van der Waals surface area contributed by atoms with Gasteiger partial charge in [0.2, 0.25) is 0 Å². The molecule has 21 heavy (non-hydrogen) atoms. The van der Waals surface area contributed by atoms with Gasteiger partial charge in [0.25, 0.3) is 0 Å². The second-order valence-electron chi connectivity index (χ2n) is 5.23. The lowest BCUT2D eigenvalue weighted by atomic mass is 10.1. The number of hydrogen-bond donors (Lipinski definition) is 0. The number of rotatable bonds is 5. The van der Waals surface area contributed by atoms with Crippen LogP contribution in [0.15, 0.2) is 28.1 Å². The molecular weight excluding hydrogens is 288 g/mol. The number of Topliss-reactive ketones (excluding diaryl/α,β-unsaturated/α-hetero) is 1. The minimum absolute atomic E-state index is 0.102. The van der Waals surface area contributed by atoms with E-state index < -0.39 is 0 Å². The van der Waals surface area contributed by atoms with E-state index in [2.05, 4.69) is 10.1 Å². The molecule has 0 amide bonds. The molecule has 1 fully saturated rings. The van der Waals surface area contributed by atoms with Crippen LogP contribution in [0.25, 0.3) is 0 Å². The van der Waals surface area contributed by atoms with Crippen molar-refractivity contribution < 1.29 is 14.1 Å². The van der Waals surface area contributed by atoms with Crippen LogP contribution >= 0.6 is 11.3 Å². The van der Waals surface area contributed by atoms with E-state index in [0.29, 0.717) is 26.2 Å². The number of carbonyl (C=O) groups is 1. The Morgan fingerprint density at radius 1 is 1.57 bits per heavy atom. The van der Waals surface area contributed by atoms with Crippen molar-refractivity contribution in [3.05, 3.63) is 39.9 Å². The van der Waals surface area contributed by atoms with Gasteiger partial charge in [0, 0.05) is 31.6 Å². The molecule has 0 radical (unpaired) electrons. The zero-order valence-corrected chi connectivity index (χ0v) is 12.8. The van der Waals surface area contributed by atoms with E-state index >= 15 is 0 Å². The van der Waals surface area contributed by atoms with Crippen LogP contribution < -0.4 is 0 Å². The Morgan fingerprint density at radius 2 is 2.48 bits per heavy atom. The summed E-state index contributed by atoms with van der Waals surface area (Å²) < 4.78 is 10.6. The zero-order valence-electron chi connectivity index (χ0n) is 11.9. The van der Waals surface area contributed by atoms with Crippen LogP contribution in [0.4, 0.5) is 0 Å². The quantitative estimate of drug-likeness (QED) is 0.795. The molecule has 6 heteroatoms. The fourth-order valence-electron chi connectivity index (χ4n) is 2.54. The highest BCUT2D eigenvalue weighted by Crippen LogP contribution is 2.19. The second-order valence-corrected chi connectivity index (χ2v) is 6.18. The third kappa shape index (κ3) is 3.58. The molecule has 0 bridgehead atoms. The number of ketones is 1. The predicted octanol–water partition coefficient (Wildman–Crippen LogP) is 2.52. The fourth-order valence-corrected chi connectivity index (χ4v) is 3.21. The molecule has 0 saturated carbocycles. The Balaban J connectivity index is 1.65. The minimum Gasteiger partial charge on any atom is -0.378 e. The highest BCUT2D eigenvalue weighted by molar-refractivity contribution is 7.12. The van der Waals surface area contributed by atoms with Crippen LogP contribution in [0, 0.1) is 6.92 Å². The molecule has 3 heterocycles. The Morgan fingerprint density at radius 3 is 3.19 bits per heavy atom. The number of morpholine rings is 1. The first-order chi connectivity index (χ1) is 10.2. The summed E-state index contributed by atoms with van der Waals surface area (Å²) in [5.41, 5.74) is 0.906. The van der Waals surface area contributed by atoms with Gasteiger partial charge in [-0.25, -0.2) is 0 Å². The second kappa shape index (κ2) is 6.51. The molecule has 0 N–H and O–H groups in total. The van der Waals surface area contributed by atoms with Gasteiger partial charge in [-0.2, -0.15) is 0 Å². The van der Waals surface area contributed by atoms with Gasteiger partial charge < -0.3 is 9.26 Å². The summed E-state index contributed by atoms with van der Waals surface area (Å²) in [7, 11) is 0. The van der Waals surface area contributed by atoms with Crippen molar-refractivity contribution in [1.82, 2.24) is 10.1 Å². The fraction of sp³-hybridized carbons (Fsp3) is 0.467. The van der Waals surface area contributed by atoms with E-state index in [4.69, 9.17) is 9.26 Å². The number of thiophene rings is 1. The van der Waals surface area contributed by atoms with Crippen LogP contribution in [-0.2, 0) is 11.3 Å². The van der Waals surface area contributed by atoms with E-state index in [1.54, 1.807) is 0 Å². The Labute approximate surface area is 127 Å². The van der Waals surface area contributed by atoms with Crippen molar-refractivity contribution in [3.63, 3.8) is 0 Å². The molecule has 1 atom stereocenters. The summed E-state index contributed by atoms with van der Waals surface area (Å²) in [6, 6.07) is 5.83. The summed E-state index contributed by atoms with van der Waals surface area (Å²) in [4.78, 5) is 15.3. The van der Waals surface area contributed by atoms with Crippen molar-refractivity contribution in [3.8, 4) is 0 Å². The maximum Gasteiger partial charge on any atom is 0.174 e. The molecule has 2 aromatic heterocycles. The third-order valence-electron chi connectivity index (χ3n) is 3.61.